The van der Waals surface area contributed by atoms with Gasteiger partial charge in [0.1, 0.15) is 0 Å². The molecular weight excluding hydrogens is 1060 g/mol. The van der Waals surface area contributed by atoms with E-state index in [4.69, 9.17) is 0 Å². The quantitative estimate of drug-likeness (QED) is 0.115. The summed E-state index contributed by atoms with van der Waals surface area (Å²) in [7, 11) is 0. The predicted octanol–water partition coefficient (Wildman–Crippen LogP) is 22.4. The van der Waals surface area contributed by atoms with E-state index in [2.05, 4.69) is 267 Å². The molecule has 17 rings (SSSR count). The van der Waals surface area contributed by atoms with Crippen molar-refractivity contribution in [2.45, 2.75) is 0 Å². The van der Waals surface area contributed by atoms with E-state index in [1.54, 1.807) is 0 Å². The molecule has 0 unspecified atom stereocenters. The molecule has 0 radical (unpaired) electrons. The fourth-order valence-corrected chi connectivity index (χ4v) is 17.7. The van der Waals surface area contributed by atoms with Crippen LogP contribution in [0.2, 0.25) is 0 Å². The molecule has 14 aromatic carbocycles. The summed E-state index contributed by atoms with van der Waals surface area (Å²) in [6.07, 6.45) is 0. The minimum absolute atomic E-state index is 0.117. The first kappa shape index (κ1) is 45.1. The molecule has 3 heteroatoms. The summed E-state index contributed by atoms with van der Waals surface area (Å²) in [5.74, 6) is 0. The van der Waals surface area contributed by atoms with E-state index in [-0.39, 0.29) is 14.5 Å². The number of fused-ring (bicyclic) bond motifs is 13. The van der Waals surface area contributed by atoms with Crippen LogP contribution >= 0.6 is 22.7 Å². The minimum atomic E-state index is 0.117. The van der Waals surface area contributed by atoms with Gasteiger partial charge in [0.05, 0.1) is 0 Å². The van der Waals surface area contributed by atoms with Gasteiger partial charge in [-0.15, -0.1) is 0 Å². The van der Waals surface area contributed by atoms with Crippen LogP contribution in [0.3, 0.4) is 0 Å². The van der Waals surface area contributed by atoms with E-state index in [9.17, 15) is 0 Å². The Hall–Kier alpha value is -8.92. The molecular formula is C76H44S2Se. The average Bonchev–Trinajstić information content (AvgIpc) is 4.30. The Balaban J connectivity index is 0.823. The summed E-state index contributed by atoms with van der Waals surface area (Å²) >= 11 is 3.88. The van der Waals surface area contributed by atoms with E-state index >= 15 is 0 Å². The molecule has 0 saturated heterocycles. The van der Waals surface area contributed by atoms with Crippen molar-refractivity contribution in [3.63, 3.8) is 0 Å². The van der Waals surface area contributed by atoms with Crippen molar-refractivity contribution in [1.29, 1.82) is 0 Å². The van der Waals surface area contributed by atoms with Crippen LogP contribution in [0.5, 0.6) is 0 Å². The molecule has 0 aliphatic carbocycles. The van der Waals surface area contributed by atoms with E-state index in [1.165, 1.54) is 169 Å². The molecule has 0 N–H and O–H groups in total. The second-order valence-electron chi connectivity index (χ2n) is 21.0. The molecule has 0 bridgehead atoms. The Kier molecular flexibility index (Phi) is 10.2. The van der Waals surface area contributed by atoms with E-state index in [0.717, 1.165) is 0 Å². The molecule has 3 aromatic heterocycles. The van der Waals surface area contributed by atoms with Gasteiger partial charge in [-0.25, -0.2) is 0 Å². The summed E-state index contributed by atoms with van der Waals surface area (Å²) in [5, 5.41) is 18.2. The molecule has 0 spiro atoms. The zero-order valence-electron chi connectivity index (χ0n) is 42.6. The number of benzene rings is 14. The van der Waals surface area contributed by atoms with Crippen molar-refractivity contribution in [2.24, 2.45) is 0 Å². The molecule has 0 nitrogen and oxygen atoms in total. The van der Waals surface area contributed by atoms with E-state index in [0.29, 0.717) is 0 Å². The topological polar surface area (TPSA) is 0 Å². The summed E-state index contributed by atoms with van der Waals surface area (Å²) in [5.41, 5.74) is 15.3. The molecule has 0 saturated carbocycles. The van der Waals surface area contributed by atoms with Gasteiger partial charge >= 0.3 is 366 Å². The van der Waals surface area contributed by atoms with Crippen molar-refractivity contribution < 1.29 is 0 Å². The first-order chi connectivity index (χ1) is 39.2. The Bertz CT molecular complexity index is 5250. The second kappa shape index (κ2) is 17.8. The van der Waals surface area contributed by atoms with Gasteiger partial charge in [-0.1, -0.05) is 72.8 Å². The third kappa shape index (κ3) is 7.04. The molecule has 79 heavy (non-hydrogen) atoms. The maximum atomic E-state index is 2.53. The van der Waals surface area contributed by atoms with E-state index < -0.39 is 0 Å². The van der Waals surface area contributed by atoms with Gasteiger partial charge in [-0.3, -0.25) is 0 Å². The fourth-order valence-electron chi connectivity index (χ4n) is 13.2. The SMILES string of the molecule is c1ccc(-c2ccc3sc4ccc(-c5c6ccccc6c(-c6ccc7c(c6)[se]c6cccc(-c8c9ccccc9c(-c9ccc%10sc%11ccc(-c%12ccccc%12)cc%11c%10c9)c9ccccc89)c67)c6ccccc56)cc4c3c2)cc1. The van der Waals surface area contributed by atoms with Gasteiger partial charge in [0.15, 0.2) is 0 Å². The Morgan fingerprint density at radius 2 is 0.544 bits per heavy atom. The third-order valence-corrected chi connectivity index (χ3v) is 21.3. The summed E-state index contributed by atoms with van der Waals surface area (Å²) in [6.45, 7) is 0. The fraction of sp³-hybridized carbons (Fsp3) is 0. The van der Waals surface area contributed by atoms with Crippen LogP contribution in [0.25, 0.3) is 169 Å². The summed E-state index contributed by atoms with van der Waals surface area (Å²) in [4.78, 5) is 0. The zero-order chi connectivity index (χ0) is 51.7. The van der Waals surface area contributed by atoms with Crippen molar-refractivity contribution >= 4 is 140 Å². The molecule has 0 aliphatic heterocycles. The molecule has 0 amide bonds. The first-order valence-electron chi connectivity index (χ1n) is 27.0. The summed E-state index contributed by atoms with van der Waals surface area (Å²) in [6, 6.07) is 101. The molecule has 17 aromatic rings. The molecule has 0 atom stereocenters. The Labute approximate surface area is 470 Å². The van der Waals surface area contributed by atoms with Crippen LogP contribution in [-0.2, 0) is 0 Å². The molecule has 0 aliphatic rings. The number of hydrogen-bond donors (Lipinski definition) is 0. The van der Waals surface area contributed by atoms with Gasteiger partial charge in [0, 0.05) is 0 Å². The van der Waals surface area contributed by atoms with Gasteiger partial charge in [-0.05, 0) is 34.4 Å². The average molecular weight is 1100 g/mol. The molecule has 366 valence electrons. The van der Waals surface area contributed by atoms with Crippen molar-refractivity contribution in [1.82, 2.24) is 0 Å². The van der Waals surface area contributed by atoms with Crippen molar-refractivity contribution in [3.05, 3.63) is 267 Å². The van der Waals surface area contributed by atoms with Gasteiger partial charge in [0.25, 0.3) is 0 Å². The third-order valence-electron chi connectivity index (χ3n) is 16.6. The van der Waals surface area contributed by atoms with Crippen molar-refractivity contribution in [3.8, 4) is 66.8 Å². The normalized spacial score (nSPS) is 12.1. The molecule has 3 heterocycles. The van der Waals surface area contributed by atoms with Crippen LogP contribution in [0.15, 0.2) is 267 Å². The first-order valence-corrected chi connectivity index (χ1v) is 30.4. The number of rotatable bonds is 6. The van der Waals surface area contributed by atoms with Gasteiger partial charge < -0.3 is 0 Å². The number of hydrogen-bond acceptors (Lipinski definition) is 2. The van der Waals surface area contributed by atoms with Gasteiger partial charge in [0.2, 0.25) is 0 Å². The smallest absolute Gasteiger partial charge is 0.0617 e. The maximum absolute atomic E-state index is 2.53. The van der Waals surface area contributed by atoms with E-state index in [1.807, 2.05) is 22.7 Å². The molecule has 0 fully saturated rings. The Morgan fingerprint density at radius 3 is 0.962 bits per heavy atom. The zero-order valence-corrected chi connectivity index (χ0v) is 46.0. The van der Waals surface area contributed by atoms with Crippen LogP contribution in [-0.4, -0.2) is 14.5 Å². The van der Waals surface area contributed by atoms with Gasteiger partial charge in [-0.2, -0.15) is 0 Å². The Morgan fingerprint density at radius 1 is 0.203 bits per heavy atom. The van der Waals surface area contributed by atoms with Crippen molar-refractivity contribution in [2.75, 3.05) is 0 Å². The standard InChI is InChI=1S/C76H44S2Se/c1-3-16-45(17-4-1)47-31-36-66-62(40-47)64-42-49(33-38-68(64)77-66)72-52-20-7-9-22-54(52)74(55-23-10-8-21-53(55)72)51-30-35-60-71(44-51)79-70-29-15-28-61(76(60)70)75-58-26-13-11-24-56(58)73(57-25-12-14-27-59(57)75)50-34-39-69-65(43-50)63-41-48(32-37-67(63)78-69)46-18-5-2-6-19-46/h1-44H. The second-order valence-corrected chi connectivity index (χ2v) is 25.4. The summed E-state index contributed by atoms with van der Waals surface area (Å²) < 4.78 is 8.14. The van der Waals surface area contributed by atoms with Crippen LogP contribution < -0.4 is 0 Å². The monoisotopic (exact) mass is 1100 g/mol. The van der Waals surface area contributed by atoms with Crippen LogP contribution in [0.1, 0.15) is 0 Å². The van der Waals surface area contributed by atoms with Crippen LogP contribution in [0, 0.1) is 0 Å². The minimum Gasteiger partial charge on any atom is -0.0617 e. The number of thiophene rings is 2. The predicted molar refractivity (Wildman–Crippen MR) is 347 cm³/mol. The van der Waals surface area contributed by atoms with Crippen LogP contribution in [0.4, 0.5) is 0 Å².